The Balaban J connectivity index is 1.82. The van der Waals surface area contributed by atoms with Gasteiger partial charge in [-0.25, -0.2) is 4.79 Å². The summed E-state index contributed by atoms with van der Waals surface area (Å²) in [6.07, 6.45) is 2.40. The Morgan fingerprint density at radius 3 is 2.75 bits per heavy atom. The number of likely N-dealkylation sites (tertiary alicyclic amines) is 1. The first kappa shape index (κ1) is 18.6. The number of piperidine rings is 1. The minimum absolute atomic E-state index is 0.00627. The van der Waals surface area contributed by atoms with Crippen LogP contribution in [0.25, 0.3) is 0 Å². The third-order valence-corrected chi connectivity index (χ3v) is 4.42. The van der Waals surface area contributed by atoms with E-state index in [4.69, 9.17) is 0 Å². The van der Waals surface area contributed by atoms with Crippen molar-refractivity contribution in [1.29, 1.82) is 0 Å². The summed E-state index contributed by atoms with van der Waals surface area (Å²) in [6.45, 7) is 8.01. The maximum atomic E-state index is 12.5. The Labute approximate surface area is 145 Å². The van der Waals surface area contributed by atoms with Crippen LogP contribution in [0, 0.1) is 5.41 Å². The molecule has 1 aromatic rings. The standard InChI is InChI=1S/C19H31N3O2/c1-15(23)12-19(2,3)14-20-18(24)22-11-7-10-17(13-22)21-16-8-5-4-6-9-16/h4-6,8-9,15,17,21,23H,7,10-14H2,1-3H3,(H,20,24). The van der Waals surface area contributed by atoms with Gasteiger partial charge in [0.15, 0.2) is 0 Å². The topological polar surface area (TPSA) is 64.6 Å². The molecule has 5 heteroatoms. The fourth-order valence-corrected chi connectivity index (χ4v) is 3.35. The van der Waals surface area contributed by atoms with Crippen LogP contribution in [0.5, 0.6) is 0 Å². The summed E-state index contributed by atoms with van der Waals surface area (Å²) in [6, 6.07) is 10.4. The highest BCUT2D eigenvalue weighted by Crippen LogP contribution is 2.21. The number of anilines is 1. The molecule has 2 rings (SSSR count). The Bertz CT molecular complexity index is 517. The minimum Gasteiger partial charge on any atom is -0.393 e. The molecule has 0 saturated carbocycles. The number of benzene rings is 1. The van der Waals surface area contributed by atoms with E-state index in [-0.39, 0.29) is 23.6 Å². The number of para-hydroxylation sites is 1. The summed E-state index contributed by atoms with van der Waals surface area (Å²) in [4.78, 5) is 14.3. The smallest absolute Gasteiger partial charge is 0.317 e. The largest absolute Gasteiger partial charge is 0.393 e. The van der Waals surface area contributed by atoms with Crippen molar-refractivity contribution in [3.8, 4) is 0 Å². The molecule has 2 unspecified atom stereocenters. The average Bonchev–Trinajstić information content (AvgIpc) is 2.53. The van der Waals surface area contributed by atoms with Crippen LogP contribution in [-0.2, 0) is 0 Å². The number of rotatable bonds is 6. The summed E-state index contributed by atoms with van der Waals surface area (Å²) in [7, 11) is 0. The predicted octanol–water partition coefficient (Wildman–Crippen LogP) is 3.07. The summed E-state index contributed by atoms with van der Waals surface area (Å²) < 4.78 is 0. The van der Waals surface area contributed by atoms with Crippen LogP contribution in [0.3, 0.4) is 0 Å². The van der Waals surface area contributed by atoms with Gasteiger partial charge in [-0.2, -0.15) is 0 Å². The van der Waals surface area contributed by atoms with E-state index < -0.39 is 0 Å². The van der Waals surface area contributed by atoms with Gasteiger partial charge in [-0.15, -0.1) is 0 Å². The van der Waals surface area contributed by atoms with Crippen molar-refractivity contribution >= 4 is 11.7 Å². The van der Waals surface area contributed by atoms with Crippen LogP contribution in [0.2, 0.25) is 0 Å². The van der Waals surface area contributed by atoms with Crippen LogP contribution >= 0.6 is 0 Å². The lowest BCUT2D eigenvalue weighted by molar-refractivity contribution is 0.125. The maximum absolute atomic E-state index is 12.5. The molecule has 0 bridgehead atoms. The molecule has 0 aromatic heterocycles. The number of aliphatic hydroxyl groups is 1. The first-order valence-corrected chi connectivity index (χ1v) is 8.88. The quantitative estimate of drug-likeness (QED) is 0.749. The van der Waals surface area contributed by atoms with E-state index >= 15 is 0 Å². The molecular formula is C19H31N3O2. The molecule has 24 heavy (non-hydrogen) atoms. The first-order valence-electron chi connectivity index (χ1n) is 8.88. The molecular weight excluding hydrogens is 302 g/mol. The molecule has 2 atom stereocenters. The SMILES string of the molecule is CC(O)CC(C)(C)CNC(=O)N1CCCC(Nc2ccccc2)C1. The summed E-state index contributed by atoms with van der Waals surface area (Å²) in [5, 5.41) is 16.1. The molecule has 0 radical (unpaired) electrons. The first-order chi connectivity index (χ1) is 11.4. The van der Waals surface area contributed by atoms with Gasteiger partial charge in [-0.3, -0.25) is 0 Å². The zero-order chi connectivity index (χ0) is 17.6. The van der Waals surface area contributed by atoms with E-state index in [0.29, 0.717) is 13.0 Å². The molecule has 1 fully saturated rings. The molecule has 5 nitrogen and oxygen atoms in total. The number of hydrogen-bond donors (Lipinski definition) is 3. The summed E-state index contributed by atoms with van der Waals surface area (Å²) in [5.41, 5.74) is 0.990. The van der Waals surface area contributed by atoms with Gasteiger partial charge in [0, 0.05) is 31.4 Å². The van der Waals surface area contributed by atoms with Gasteiger partial charge >= 0.3 is 6.03 Å². The van der Waals surface area contributed by atoms with Gasteiger partial charge in [0.05, 0.1) is 6.10 Å². The minimum atomic E-state index is -0.355. The Morgan fingerprint density at radius 1 is 1.38 bits per heavy atom. The van der Waals surface area contributed by atoms with Gasteiger partial charge < -0.3 is 20.6 Å². The number of amides is 2. The molecule has 1 heterocycles. The number of carbonyl (C=O) groups is 1. The second-order valence-corrected chi connectivity index (χ2v) is 7.67. The van der Waals surface area contributed by atoms with Crippen molar-refractivity contribution in [3.05, 3.63) is 30.3 Å². The molecule has 134 valence electrons. The maximum Gasteiger partial charge on any atom is 0.317 e. The zero-order valence-electron chi connectivity index (χ0n) is 15.1. The number of carbonyl (C=O) groups excluding carboxylic acids is 1. The lowest BCUT2D eigenvalue weighted by Crippen LogP contribution is -2.50. The van der Waals surface area contributed by atoms with E-state index in [1.807, 2.05) is 23.1 Å². The highest BCUT2D eigenvalue weighted by Gasteiger charge is 2.26. The van der Waals surface area contributed by atoms with Crippen LogP contribution in [0.4, 0.5) is 10.5 Å². The summed E-state index contributed by atoms with van der Waals surface area (Å²) in [5.74, 6) is 0. The molecule has 2 amide bonds. The van der Waals surface area contributed by atoms with Gasteiger partial charge in [-0.05, 0) is 43.7 Å². The van der Waals surface area contributed by atoms with Crippen LogP contribution in [0.15, 0.2) is 30.3 Å². The predicted molar refractivity (Wildman–Crippen MR) is 98.1 cm³/mol. The third-order valence-electron chi connectivity index (χ3n) is 4.42. The highest BCUT2D eigenvalue weighted by atomic mass is 16.3. The van der Waals surface area contributed by atoms with Gasteiger partial charge in [0.2, 0.25) is 0 Å². The molecule has 1 saturated heterocycles. The second kappa shape index (κ2) is 8.38. The van der Waals surface area contributed by atoms with Crippen molar-refractivity contribution in [2.75, 3.05) is 25.0 Å². The molecule has 3 N–H and O–H groups in total. The van der Waals surface area contributed by atoms with Gasteiger partial charge in [0.25, 0.3) is 0 Å². The fraction of sp³-hybridized carbons (Fsp3) is 0.632. The van der Waals surface area contributed by atoms with E-state index in [1.54, 1.807) is 6.92 Å². The molecule has 0 aliphatic carbocycles. The van der Waals surface area contributed by atoms with Crippen molar-refractivity contribution in [1.82, 2.24) is 10.2 Å². The third kappa shape index (κ3) is 6.04. The Morgan fingerprint density at radius 2 is 2.08 bits per heavy atom. The molecule has 0 spiro atoms. The second-order valence-electron chi connectivity index (χ2n) is 7.67. The van der Waals surface area contributed by atoms with Gasteiger partial charge in [-0.1, -0.05) is 32.0 Å². The number of urea groups is 1. The average molecular weight is 333 g/mol. The van der Waals surface area contributed by atoms with Crippen molar-refractivity contribution in [3.63, 3.8) is 0 Å². The molecule has 1 aromatic carbocycles. The Kier molecular flexibility index (Phi) is 6.49. The van der Waals surface area contributed by atoms with Crippen molar-refractivity contribution in [2.45, 2.75) is 52.2 Å². The number of aliphatic hydroxyl groups excluding tert-OH is 1. The lowest BCUT2D eigenvalue weighted by Gasteiger charge is -2.35. The fourth-order valence-electron chi connectivity index (χ4n) is 3.35. The lowest BCUT2D eigenvalue weighted by atomic mass is 9.87. The van der Waals surface area contributed by atoms with Crippen LogP contribution in [-0.4, -0.2) is 47.8 Å². The van der Waals surface area contributed by atoms with Crippen molar-refractivity contribution in [2.24, 2.45) is 5.41 Å². The monoisotopic (exact) mass is 333 g/mol. The number of nitrogens with zero attached hydrogens (tertiary/aromatic N) is 1. The highest BCUT2D eigenvalue weighted by molar-refractivity contribution is 5.74. The van der Waals surface area contributed by atoms with E-state index in [0.717, 1.165) is 31.6 Å². The zero-order valence-corrected chi connectivity index (χ0v) is 15.1. The number of hydrogen-bond acceptors (Lipinski definition) is 3. The van der Waals surface area contributed by atoms with E-state index in [1.165, 1.54) is 0 Å². The van der Waals surface area contributed by atoms with E-state index in [2.05, 4.69) is 36.6 Å². The van der Waals surface area contributed by atoms with Crippen molar-refractivity contribution < 1.29 is 9.90 Å². The Hall–Kier alpha value is -1.75. The summed E-state index contributed by atoms with van der Waals surface area (Å²) >= 11 is 0. The van der Waals surface area contributed by atoms with Crippen LogP contribution < -0.4 is 10.6 Å². The number of nitrogens with one attached hydrogen (secondary N) is 2. The van der Waals surface area contributed by atoms with Crippen LogP contribution in [0.1, 0.15) is 40.0 Å². The normalized spacial score (nSPS) is 19.7. The van der Waals surface area contributed by atoms with E-state index in [9.17, 15) is 9.90 Å². The molecule has 1 aliphatic heterocycles. The van der Waals surface area contributed by atoms with Gasteiger partial charge in [0.1, 0.15) is 0 Å². The molecule has 1 aliphatic rings.